The largest absolute Gasteiger partial charge is 0.545 e. The second-order valence-corrected chi connectivity index (χ2v) is 0.789. The average molecular weight is 100 g/mol. The van der Waals surface area contributed by atoms with Crippen molar-refractivity contribution in [1.29, 1.82) is 0 Å². The molecule has 0 aromatic carbocycles. The molecule has 0 aliphatic heterocycles. The number of hydrogen-bond donors (Lipinski definition) is 0. The van der Waals surface area contributed by atoms with Crippen LogP contribution in [0.2, 0.25) is 0 Å². The van der Waals surface area contributed by atoms with Gasteiger partial charge in [0.25, 0.3) is 6.16 Å². The zero-order valence-electron chi connectivity index (χ0n) is 3.64. The first kappa shape index (κ1) is 6.01. The van der Waals surface area contributed by atoms with Crippen LogP contribution in [-0.4, -0.2) is 12.8 Å². The van der Waals surface area contributed by atoms with E-state index in [9.17, 15) is 9.90 Å². The summed E-state index contributed by atoms with van der Waals surface area (Å²) in [5.74, 6) is 0. The third kappa shape index (κ3) is 5.01. The Morgan fingerprint density at radius 1 is 2.00 bits per heavy atom. The van der Waals surface area contributed by atoms with E-state index in [1.165, 1.54) is 0 Å². The van der Waals surface area contributed by atoms with Crippen LogP contribution >= 0.6 is 0 Å². The summed E-state index contributed by atoms with van der Waals surface area (Å²) in [6, 6.07) is 0. The van der Waals surface area contributed by atoms with E-state index in [4.69, 9.17) is 0 Å². The molecule has 0 bridgehead atoms. The summed E-state index contributed by atoms with van der Waals surface area (Å²) in [6.45, 7) is 2.97. The lowest BCUT2D eigenvalue weighted by molar-refractivity contribution is -0.281. The summed E-state index contributed by atoms with van der Waals surface area (Å²) in [7, 11) is 0. The van der Waals surface area contributed by atoms with Gasteiger partial charge in [-0.25, -0.2) is 0 Å². The highest BCUT2D eigenvalue weighted by molar-refractivity contribution is 5.53. The van der Waals surface area contributed by atoms with Crippen molar-refractivity contribution in [2.45, 2.75) is 0 Å². The number of carbonyl (C=O) groups is 1. The van der Waals surface area contributed by atoms with E-state index in [2.05, 4.69) is 17.4 Å². The fourth-order valence-electron chi connectivity index (χ4n) is 0.110. The molecule has 0 N–H and O–H groups in total. The van der Waals surface area contributed by atoms with Crippen molar-refractivity contribution in [3.63, 3.8) is 0 Å². The second kappa shape index (κ2) is 3.21. The molecule has 0 saturated carbocycles. The number of carboxylic acid groups (broad SMARTS) is 1. The molecule has 0 aliphatic rings. The van der Waals surface area contributed by atoms with Crippen LogP contribution in [0.5, 0.6) is 0 Å². The Kier molecular flexibility index (Phi) is 2.76. The van der Waals surface area contributed by atoms with Crippen LogP contribution in [-0.2, 0) is 4.74 Å². The van der Waals surface area contributed by atoms with Gasteiger partial charge in [-0.3, -0.25) is 0 Å². The maximum Gasteiger partial charge on any atom is 0.252 e. The molecule has 0 unspecified atom stereocenters. The van der Waals surface area contributed by atoms with Crippen molar-refractivity contribution in [3.05, 3.63) is 12.7 Å². The smallest absolute Gasteiger partial charge is 0.252 e. The maximum atomic E-state index is 9.36. The summed E-state index contributed by atoms with van der Waals surface area (Å²) >= 11 is 0. The number of carbonyl (C=O) groups excluding carboxylic acids is 1. The summed E-state index contributed by atoms with van der Waals surface area (Å²) in [4.78, 5) is 9.36. The average Bonchev–Trinajstić information content (AvgIpc) is 1.61. The molecule has 0 aromatic rings. The number of rotatable bonds is 2. The van der Waals surface area contributed by atoms with Gasteiger partial charge < -0.3 is 14.6 Å². The Bertz CT molecular complexity index is 77.0. The zero-order chi connectivity index (χ0) is 5.70. The Morgan fingerprint density at radius 3 is 2.71 bits per heavy atom. The molecule has 0 amide bonds. The lowest BCUT2D eigenvalue weighted by Crippen LogP contribution is -2.23. The van der Waals surface area contributed by atoms with Gasteiger partial charge in [-0.05, 0) is 6.08 Å². The van der Waals surface area contributed by atoms with E-state index in [1.807, 2.05) is 0 Å². The SMILES string of the molecule is C=[C]COC(=O)[O-]. The van der Waals surface area contributed by atoms with Gasteiger partial charge >= 0.3 is 0 Å². The quantitative estimate of drug-likeness (QED) is 0.432. The Balaban J connectivity index is 2.97. The third-order valence-electron chi connectivity index (χ3n) is 0.292. The first-order valence-electron chi connectivity index (χ1n) is 1.61. The topological polar surface area (TPSA) is 49.4 Å². The van der Waals surface area contributed by atoms with Crippen molar-refractivity contribution in [1.82, 2.24) is 0 Å². The van der Waals surface area contributed by atoms with Crippen molar-refractivity contribution in [2.75, 3.05) is 6.61 Å². The Morgan fingerprint density at radius 2 is 2.57 bits per heavy atom. The highest BCUT2D eigenvalue weighted by atomic mass is 16.7. The lowest BCUT2D eigenvalue weighted by Gasteiger charge is -2.00. The number of ether oxygens (including phenoxy) is 1. The van der Waals surface area contributed by atoms with Crippen LogP contribution in [0.3, 0.4) is 0 Å². The molecule has 7 heavy (non-hydrogen) atoms. The molecule has 3 heteroatoms. The minimum Gasteiger partial charge on any atom is -0.545 e. The van der Waals surface area contributed by atoms with Gasteiger partial charge in [-0.1, -0.05) is 6.58 Å². The lowest BCUT2D eigenvalue weighted by atomic mass is 10.7. The van der Waals surface area contributed by atoms with Crippen molar-refractivity contribution < 1.29 is 14.6 Å². The fourth-order valence-corrected chi connectivity index (χ4v) is 0.110. The first-order valence-corrected chi connectivity index (χ1v) is 1.61. The van der Waals surface area contributed by atoms with Crippen molar-refractivity contribution in [2.24, 2.45) is 0 Å². The summed E-state index contributed by atoms with van der Waals surface area (Å²) in [5, 5.41) is 9.36. The number of hydrogen-bond acceptors (Lipinski definition) is 3. The van der Waals surface area contributed by atoms with Crippen LogP contribution in [0.25, 0.3) is 0 Å². The minimum atomic E-state index is -1.55. The van der Waals surface area contributed by atoms with E-state index in [-0.39, 0.29) is 6.61 Å². The van der Waals surface area contributed by atoms with Gasteiger partial charge in [-0.2, -0.15) is 0 Å². The second-order valence-electron chi connectivity index (χ2n) is 0.789. The van der Waals surface area contributed by atoms with Gasteiger partial charge in [0.1, 0.15) is 0 Å². The van der Waals surface area contributed by atoms with Crippen LogP contribution in [0.15, 0.2) is 6.58 Å². The molecule has 0 atom stereocenters. The van der Waals surface area contributed by atoms with Gasteiger partial charge in [0.15, 0.2) is 0 Å². The fraction of sp³-hybridized carbons (Fsp3) is 0.250. The normalized spacial score (nSPS) is 7.43. The van der Waals surface area contributed by atoms with E-state index in [0.717, 1.165) is 0 Å². The molecule has 0 aromatic heterocycles. The molecule has 0 saturated heterocycles. The monoisotopic (exact) mass is 100 g/mol. The molecule has 0 aliphatic carbocycles. The van der Waals surface area contributed by atoms with Crippen molar-refractivity contribution in [3.8, 4) is 0 Å². The van der Waals surface area contributed by atoms with Gasteiger partial charge in [0, 0.05) is 0 Å². The molecule has 3 nitrogen and oxygen atoms in total. The first-order chi connectivity index (χ1) is 3.27. The highest BCUT2D eigenvalue weighted by Crippen LogP contribution is 1.68. The van der Waals surface area contributed by atoms with Gasteiger partial charge in [0.2, 0.25) is 0 Å². The minimum absolute atomic E-state index is 0.123. The Labute approximate surface area is 41.2 Å². The van der Waals surface area contributed by atoms with Crippen molar-refractivity contribution >= 4 is 6.16 Å². The molecule has 39 valence electrons. The molecule has 0 rings (SSSR count). The van der Waals surface area contributed by atoms with E-state index in [1.54, 1.807) is 0 Å². The highest BCUT2D eigenvalue weighted by Gasteiger charge is 1.73. The standard InChI is InChI=1S/C4H5O3/c1-2-3-7-4(5)6/h1,3H2,(H,5,6)/p-1. The predicted molar refractivity (Wildman–Crippen MR) is 20.2 cm³/mol. The van der Waals surface area contributed by atoms with Crippen LogP contribution in [0.1, 0.15) is 0 Å². The third-order valence-corrected chi connectivity index (χ3v) is 0.292. The molecule has 0 fully saturated rings. The van der Waals surface area contributed by atoms with E-state index in [0.29, 0.717) is 0 Å². The summed E-state index contributed by atoms with van der Waals surface area (Å²) in [6.07, 6.45) is 0.661. The summed E-state index contributed by atoms with van der Waals surface area (Å²) in [5.41, 5.74) is 0. The molecular weight excluding hydrogens is 96.0 g/mol. The molecule has 0 spiro atoms. The van der Waals surface area contributed by atoms with Crippen LogP contribution < -0.4 is 5.11 Å². The molecule has 0 heterocycles. The van der Waals surface area contributed by atoms with Gasteiger partial charge in [-0.15, -0.1) is 0 Å². The molecular formula is C4H4O3-. The van der Waals surface area contributed by atoms with Crippen LogP contribution in [0.4, 0.5) is 4.79 Å². The van der Waals surface area contributed by atoms with E-state index < -0.39 is 6.16 Å². The maximum absolute atomic E-state index is 9.36. The van der Waals surface area contributed by atoms with Crippen LogP contribution in [0, 0.1) is 6.08 Å². The Hall–Kier alpha value is -0.990. The molecule has 1 radical (unpaired) electrons. The van der Waals surface area contributed by atoms with Gasteiger partial charge in [0.05, 0.1) is 6.61 Å². The summed E-state index contributed by atoms with van der Waals surface area (Å²) < 4.78 is 3.82. The van der Waals surface area contributed by atoms with E-state index >= 15 is 0 Å². The zero-order valence-corrected chi connectivity index (χ0v) is 3.64. The predicted octanol–water partition coefficient (Wildman–Crippen LogP) is -0.665.